The third-order valence-corrected chi connectivity index (χ3v) is 12.5. The van der Waals surface area contributed by atoms with Gasteiger partial charge in [0.2, 0.25) is 0 Å². The SMILES string of the molecule is c1ccc(-c2ccc(-c3cc(-c4ccc(N(c5ccc(-c6cccc7c6oc6ccccc67)cc5)c5cc6ccccc6c6ccccc56)cc4)c4ccccc4c3)cc2)cc1. The molecule has 0 saturated heterocycles. The van der Waals surface area contributed by atoms with Crippen molar-refractivity contribution in [1.82, 2.24) is 0 Å². The van der Waals surface area contributed by atoms with Gasteiger partial charge in [-0.3, -0.25) is 0 Å². The van der Waals surface area contributed by atoms with Crippen LogP contribution in [0.4, 0.5) is 17.1 Å². The average Bonchev–Trinajstić information content (AvgIpc) is 3.74. The van der Waals surface area contributed by atoms with Gasteiger partial charge in [-0.25, -0.2) is 0 Å². The quantitative estimate of drug-likeness (QED) is 0.150. The van der Waals surface area contributed by atoms with Crippen LogP contribution in [0.25, 0.3) is 98.8 Å². The molecule has 12 aromatic rings. The number of para-hydroxylation sites is 2. The summed E-state index contributed by atoms with van der Waals surface area (Å²) in [6.07, 6.45) is 0. The molecule has 290 valence electrons. The molecule has 0 fully saturated rings. The molecule has 11 aromatic carbocycles. The summed E-state index contributed by atoms with van der Waals surface area (Å²) in [4.78, 5) is 2.41. The van der Waals surface area contributed by atoms with Crippen LogP contribution in [0.3, 0.4) is 0 Å². The smallest absolute Gasteiger partial charge is 0.143 e. The summed E-state index contributed by atoms with van der Waals surface area (Å²) < 4.78 is 6.46. The van der Waals surface area contributed by atoms with Crippen LogP contribution >= 0.6 is 0 Å². The van der Waals surface area contributed by atoms with E-state index in [0.717, 1.165) is 50.1 Å². The number of rotatable bonds is 7. The minimum atomic E-state index is 0.904. The van der Waals surface area contributed by atoms with Crippen LogP contribution in [0.5, 0.6) is 0 Å². The first-order valence-electron chi connectivity index (χ1n) is 21.2. The molecule has 0 atom stereocenters. The monoisotopic (exact) mass is 789 g/mol. The highest BCUT2D eigenvalue weighted by Gasteiger charge is 2.19. The molecule has 0 aliphatic heterocycles. The highest BCUT2D eigenvalue weighted by atomic mass is 16.3. The summed E-state index contributed by atoms with van der Waals surface area (Å²) in [5.74, 6) is 0. The second-order valence-electron chi connectivity index (χ2n) is 16.1. The lowest BCUT2D eigenvalue weighted by molar-refractivity contribution is 0.670. The molecule has 0 unspecified atom stereocenters. The van der Waals surface area contributed by atoms with Gasteiger partial charge < -0.3 is 9.32 Å². The number of benzene rings is 11. The lowest BCUT2D eigenvalue weighted by atomic mass is 9.92. The van der Waals surface area contributed by atoms with Gasteiger partial charge in [-0.15, -0.1) is 0 Å². The van der Waals surface area contributed by atoms with Gasteiger partial charge >= 0.3 is 0 Å². The fourth-order valence-corrected chi connectivity index (χ4v) is 9.40. The van der Waals surface area contributed by atoms with Gasteiger partial charge in [-0.1, -0.05) is 188 Å². The molecule has 0 aliphatic carbocycles. The summed E-state index contributed by atoms with van der Waals surface area (Å²) in [5.41, 5.74) is 14.5. The van der Waals surface area contributed by atoms with Crippen molar-refractivity contribution in [2.24, 2.45) is 0 Å². The van der Waals surface area contributed by atoms with E-state index in [1.165, 1.54) is 65.7 Å². The Balaban J connectivity index is 0.981. The molecule has 1 aromatic heterocycles. The van der Waals surface area contributed by atoms with Crippen molar-refractivity contribution < 1.29 is 4.42 Å². The van der Waals surface area contributed by atoms with Crippen molar-refractivity contribution in [1.29, 1.82) is 0 Å². The largest absolute Gasteiger partial charge is 0.455 e. The van der Waals surface area contributed by atoms with E-state index >= 15 is 0 Å². The summed E-state index contributed by atoms with van der Waals surface area (Å²) >= 11 is 0. The predicted molar refractivity (Wildman–Crippen MR) is 263 cm³/mol. The first-order chi connectivity index (χ1) is 30.7. The Morgan fingerprint density at radius 3 is 1.48 bits per heavy atom. The van der Waals surface area contributed by atoms with E-state index in [0.29, 0.717) is 0 Å². The van der Waals surface area contributed by atoms with E-state index in [1.807, 2.05) is 12.1 Å². The number of hydrogen-bond donors (Lipinski definition) is 0. The standard InChI is InChI=1S/C60H39NO/c1-2-13-40(14-3-1)41-25-27-42(28-26-41)47-37-45-15-4-7-18-51(45)57(38-47)44-31-35-49(36-32-44)61(58-39-46-16-5-6-17-50(46)53-19-8-9-20-54(53)58)48-33-29-43(30-34-48)52-22-12-23-56-55-21-10-11-24-59(55)62-60(52)56/h1-39H. The Morgan fingerprint density at radius 2 is 0.774 bits per heavy atom. The fourth-order valence-electron chi connectivity index (χ4n) is 9.40. The zero-order valence-corrected chi connectivity index (χ0v) is 33.9. The molecule has 0 saturated carbocycles. The van der Waals surface area contributed by atoms with Crippen LogP contribution in [-0.4, -0.2) is 0 Å². The van der Waals surface area contributed by atoms with Crippen LogP contribution < -0.4 is 4.90 Å². The molecule has 1 heterocycles. The Bertz CT molecular complexity index is 3600. The Kier molecular flexibility index (Phi) is 8.53. The van der Waals surface area contributed by atoms with E-state index in [9.17, 15) is 0 Å². The summed E-state index contributed by atoms with van der Waals surface area (Å²) in [6.45, 7) is 0. The number of anilines is 3. The number of nitrogens with zero attached hydrogens (tertiary/aromatic N) is 1. The molecule has 0 radical (unpaired) electrons. The van der Waals surface area contributed by atoms with Gasteiger partial charge in [0.05, 0.1) is 5.69 Å². The minimum Gasteiger partial charge on any atom is -0.455 e. The highest BCUT2D eigenvalue weighted by molar-refractivity contribution is 6.15. The van der Waals surface area contributed by atoms with E-state index in [-0.39, 0.29) is 0 Å². The summed E-state index contributed by atoms with van der Waals surface area (Å²) in [5, 5.41) is 9.60. The number of hydrogen-bond acceptors (Lipinski definition) is 2. The van der Waals surface area contributed by atoms with Crippen LogP contribution in [-0.2, 0) is 0 Å². The predicted octanol–water partition coefficient (Wildman–Crippen LogP) is 17.2. The van der Waals surface area contributed by atoms with Crippen molar-refractivity contribution in [2.45, 2.75) is 0 Å². The second-order valence-corrected chi connectivity index (χ2v) is 16.1. The van der Waals surface area contributed by atoms with E-state index < -0.39 is 0 Å². The molecule has 0 N–H and O–H groups in total. The third-order valence-electron chi connectivity index (χ3n) is 12.5. The maximum atomic E-state index is 6.46. The van der Waals surface area contributed by atoms with Gasteiger partial charge in [-0.2, -0.15) is 0 Å². The molecular weight excluding hydrogens is 751 g/mol. The molecule has 0 spiro atoms. The topological polar surface area (TPSA) is 16.4 Å². The molecule has 0 bridgehead atoms. The zero-order chi connectivity index (χ0) is 41.0. The van der Waals surface area contributed by atoms with Crippen molar-refractivity contribution in [3.05, 3.63) is 237 Å². The van der Waals surface area contributed by atoms with Crippen molar-refractivity contribution in [2.75, 3.05) is 4.90 Å². The highest BCUT2D eigenvalue weighted by Crippen LogP contribution is 2.44. The zero-order valence-electron chi connectivity index (χ0n) is 33.9. The van der Waals surface area contributed by atoms with Gasteiger partial charge in [0, 0.05) is 33.1 Å². The van der Waals surface area contributed by atoms with Gasteiger partial charge in [0.25, 0.3) is 0 Å². The lowest BCUT2D eigenvalue weighted by Crippen LogP contribution is -2.10. The Morgan fingerprint density at radius 1 is 0.274 bits per heavy atom. The molecule has 62 heavy (non-hydrogen) atoms. The molecule has 0 aliphatic rings. The number of furan rings is 1. The molecule has 2 heteroatoms. The van der Waals surface area contributed by atoms with Crippen LogP contribution in [0, 0.1) is 0 Å². The maximum Gasteiger partial charge on any atom is 0.143 e. The van der Waals surface area contributed by atoms with Crippen LogP contribution in [0.15, 0.2) is 241 Å². The van der Waals surface area contributed by atoms with Crippen molar-refractivity contribution in [3.63, 3.8) is 0 Å². The van der Waals surface area contributed by atoms with Gasteiger partial charge in [-0.05, 0) is 114 Å². The lowest BCUT2D eigenvalue weighted by Gasteiger charge is -2.28. The second kappa shape index (κ2) is 14.8. The summed E-state index contributed by atoms with van der Waals surface area (Å²) in [7, 11) is 0. The number of fused-ring (bicyclic) bond motifs is 7. The fraction of sp³-hybridized carbons (Fsp3) is 0. The Hall–Kier alpha value is -8.20. The van der Waals surface area contributed by atoms with Gasteiger partial charge in [0.15, 0.2) is 0 Å². The van der Waals surface area contributed by atoms with Gasteiger partial charge in [0.1, 0.15) is 11.2 Å². The summed E-state index contributed by atoms with van der Waals surface area (Å²) in [6, 6.07) is 85.5. The first kappa shape index (κ1) is 35.7. The Labute approximate surface area is 360 Å². The van der Waals surface area contributed by atoms with Crippen LogP contribution in [0.2, 0.25) is 0 Å². The third kappa shape index (κ3) is 6.12. The van der Waals surface area contributed by atoms with E-state index in [2.05, 4.69) is 229 Å². The van der Waals surface area contributed by atoms with Crippen molar-refractivity contribution in [3.8, 4) is 44.5 Å². The average molecular weight is 790 g/mol. The van der Waals surface area contributed by atoms with E-state index in [4.69, 9.17) is 4.42 Å². The van der Waals surface area contributed by atoms with Crippen LogP contribution in [0.1, 0.15) is 0 Å². The maximum absolute atomic E-state index is 6.46. The van der Waals surface area contributed by atoms with Crippen molar-refractivity contribution >= 4 is 71.3 Å². The molecule has 0 amide bonds. The molecule has 12 rings (SSSR count). The molecule has 2 nitrogen and oxygen atoms in total. The minimum absolute atomic E-state index is 0.904. The first-order valence-corrected chi connectivity index (χ1v) is 21.2. The molecular formula is C60H39NO. The normalized spacial score (nSPS) is 11.5. The van der Waals surface area contributed by atoms with E-state index in [1.54, 1.807) is 0 Å².